The Kier molecular flexibility index (Phi) is 7.35. The van der Waals surface area contributed by atoms with Crippen LogP contribution in [0.25, 0.3) is 11.3 Å². The number of nitrogens with one attached hydrogen (secondary N) is 2. The largest absolute Gasteiger partial charge is 0.356 e. The molecular formula is C22H27N5O2S. The van der Waals surface area contributed by atoms with E-state index in [4.69, 9.17) is 0 Å². The van der Waals surface area contributed by atoms with Gasteiger partial charge in [0.05, 0.1) is 11.4 Å². The normalized spacial score (nSPS) is 10.8. The van der Waals surface area contributed by atoms with Crippen molar-refractivity contribution in [1.82, 2.24) is 20.1 Å². The summed E-state index contributed by atoms with van der Waals surface area (Å²) >= 11 is 1.42. The van der Waals surface area contributed by atoms with E-state index in [2.05, 4.69) is 32.8 Å². The summed E-state index contributed by atoms with van der Waals surface area (Å²) in [5, 5.41) is 12.6. The Morgan fingerprint density at radius 1 is 1.17 bits per heavy atom. The van der Waals surface area contributed by atoms with Crippen LogP contribution in [0.4, 0.5) is 5.13 Å². The van der Waals surface area contributed by atoms with Gasteiger partial charge in [0.25, 0.3) is 0 Å². The first-order chi connectivity index (χ1) is 14.4. The molecule has 0 atom stereocenters. The van der Waals surface area contributed by atoms with E-state index in [0.717, 1.165) is 35.5 Å². The van der Waals surface area contributed by atoms with Crippen molar-refractivity contribution in [3.63, 3.8) is 0 Å². The summed E-state index contributed by atoms with van der Waals surface area (Å²) in [7, 11) is 0. The number of amides is 2. The van der Waals surface area contributed by atoms with Gasteiger partial charge in [0, 0.05) is 43.1 Å². The monoisotopic (exact) mass is 425 g/mol. The summed E-state index contributed by atoms with van der Waals surface area (Å²) in [5.74, 6) is -0.0682. The van der Waals surface area contributed by atoms with Crippen molar-refractivity contribution in [3.8, 4) is 11.3 Å². The Morgan fingerprint density at radius 2 is 1.93 bits per heavy atom. The predicted molar refractivity (Wildman–Crippen MR) is 120 cm³/mol. The molecule has 0 unspecified atom stereocenters. The van der Waals surface area contributed by atoms with Gasteiger partial charge >= 0.3 is 0 Å². The molecule has 0 aliphatic carbocycles. The van der Waals surface area contributed by atoms with E-state index in [1.807, 2.05) is 42.1 Å². The zero-order valence-corrected chi connectivity index (χ0v) is 18.4. The number of carbonyl (C=O) groups is 2. The summed E-state index contributed by atoms with van der Waals surface area (Å²) in [6, 6.07) is 10.2. The molecular weight excluding hydrogens is 398 g/mol. The van der Waals surface area contributed by atoms with Crippen LogP contribution in [0.2, 0.25) is 0 Å². The number of hydrogen-bond donors (Lipinski definition) is 2. The van der Waals surface area contributed by atoms with E-state index in [9.17, 15) is 9.59 Å². The number of benzene rings is 1. The highest BCUT2D eigenvalue weighted by Crippen LogP contribution is 2.25. The van der Waals surface area contributed by atoms with Crippen LogP contribution in [-0.2, 0) is 22.6 Å². The first-order valence-electron chi connectivity index (χ1n) is 10.0. The highest BCUT2D eigenvalue weighted by Gasteiger charge is 2.10. The van der Waals surface area contributed by atoms with Gasteiger partial charge in [0.1, 0.15) is 0 Å². The molecule has 158 valence electrons. The molecule has 1 aromatic carbocycles. The molecule has 30 heavy (non-hydrogen) atoms. The first kappa shape index (κ1) is 21.7. The Hall–Kier alpha value is -3.00. The third kappa shape index (κ3) is 6.25. The zero-order chi connectivity index (χ0) is 21.5. The average molecular weight is 426 g/mol. The Balaban J connectivity index is 1.49. The van der Waals surface area contributed by atoms with Gasteiger partial charge in [0.2, 0.25) is 11.8 Å². The Bertz CT molecular complexity index is 1010. The average Bonchev–Trinajstić information content (AvgIpc) is 3.29. The lowest BCUT2D eigenvalue weighted by Crippen LogP contribution is -2.21. The van der Waals surface area contributed by atoms with E-state index in [1.54, 1.807) is 0 Å². The topological polar surface area (TPSA) is 88.9 Å². The van der Waals surface area contributed by atoms with E-state index in [-0.39, 0.29) is 11.8 Å². The van der Waals surface area contributed by atoms with Crippen LogP contribution in [0.15, 0.2) is 35.7 Å². The van der Waals surface area contributed by atoms with Crippen LogP contribution in [0, 0.1) is 13.8 Å². The second-order valence-electron chi connectivity index (χ2n) is 7.27. The summed E-state index contributed by atoms with van der Waals surface area (Å²) in [4.78, 5) is 27.7. The Labute approximate surface area is 180 Å². The third-order valence-electron chi connectivity index (χ3n) is 4.67. The summed E-state index contributed by atoms with van der Waals surface area (Å²) in [6.07, 6.45) is 2.17. The number of thiazole rings is 1. The number of nitrogens with zero attached hydrogens (tertiary/aromatic N) is 3. The highest BCUT2D eigenvalue weighted by atomic mass is 32.1. The number of aryl methyl sites for hydroxylation is 4. The molecule has 0 bridgehead atoms. The van der Waals surface area contributed by atoms with Crippen LogP contribution >= 0.6 is 11.3 Å². The second kappa shape index (κ2) is 10.2. The number of aromatic nitrogens is 3. The van der Waals surface area contributed by atoms with Crippen LogP contribution in [0.1, 0.15) is 36.7 Å². The quantitative estimate of drug-likeness (QED) is 0.512. The lowest BCUT2D eigenvalue weighted by atomic mass is 10.1. The Morgan fingerprint density at radius 3 is 2.60 bits per heavy atom. The standard InChI is InChI=1S/C22H27N5O2S/c1-15-13-16(2)27(26-15)12-10-21(29)25-22-24-20(14-30-22)19-8-6-18(7-9-19)5-4-11-23-17(3)28/h6-9,13-14H,4-5,10-12H2,1-3H3,(H,23,28)(H,24,25,29). The van der Waals surface area contributed by atoms with Crippen molar-refractivity contribution in [2.75, 3.05) is 11.9 Å². The molecule has 0 aliphatic rings. The van der Waals surface area contributed by atoms with Crippen molar-refractivity contribution in [2.24, 2.45) is 0 Å². The summed E-state index contributed by atoms with van der Waals surface area (Å²) in [6.45, 7) is 6.69. The molecule has 0 radical (unpaired) electrons. The minimum atomic E-state index is -0.0713. The molecule has 3 rings (SSSR count). The number of anilines is 1. The highest BCUT2D eigenvalue weighted by molar-refractivity contribution is 7.14. The minimum Gasteiger partial charge on any atom is -0.356 e. The van der Waals surface area contributed by atoms with Crippen molar-refractivity contribution < 1.29 is 9.59 Å². The third-order valence-corrected chi connectivity index (χ3v) is 5.43. The van der Waals surface area contributed by atoms with E-state index in [1.165, 1.54) is 23.8 Å². The lowest BCUT2D eigenvalue weighted by molar-refractivity contribution is -0.119. The van der Waals surface area contributed by atoms with Crippen molar-refractivity contribution in [3.05, 3.63) is 52.7 Å². The lowest BCUT2D eigenvalue weighted by Gasteiger charge is -2.05. The van der Waals surface area contributed by atoms with Gasteiger partial charge < -0.3 is 10.6 Å². The first-order valence-corrected chi connectivity index (χ1v) is 10.9. The minimum absolute atomic E-state index is 0.00312. The zero-order valence-electron chi connectivity index (χ0n) is 17.6. The van der Waals surface area contributed by atoms with Gasteiger partial charge in [-0.3, -0.25) is 14.3 Å². The smallest absolute Gasteiger partial charge is 0.228 e. The fraction of sp³-hybridized carbons (Fsp3) is 0.364. The molecule has 2 amide bonds. The maximum Gasteiger partial charge on any atom is 0.228 e. The molecule has 7 nitrogen and oxygen atoms in total. The van der Waals surface area contributed by atoms with Crippen LogP contribution < -0.4 is 10.6 Å². The molecule has 8 heteroatoms. The van der Waals surface area contributed by atoms with Gasteiger partial charge in [-0.1, -0.05) is 24.3 Å². The predicted octanol–water partition coefficient (Wildman–Crippen LogP) is 3.72. The van der Waals surface area contributed by atoms with Crippen LogP contribution in [0.3, 0.4) is 0 Å². The molecule has 0 saturated heterocycles. The number of carbonyl (C=O) groups excluding carboxylic acids is 2. The molecule has 2 heterocycles. The summed E-state index contributed by atoms with van der Waals surface area (Å²) in [5.41, 5.74) is 5.09. The van der Waals surface area contributed by atoms with Crippen molar-refractivity contribution >= 4 is 28.3 Å². The van der Waals surface area contributed by atoms with E-state index < -0.39 is 0 Å². The molecule has 0 saturated carbocycles. The maximum absolute atomic E-state index is 12.2. The molecule has 3 aromatic rings. The summed E-state index contributed by atoms with van der Waals surface area (Å²) < 4.78 is 1.85. The van der Waals surface area contributed by atoms with E-state index in [0.29, 0.717) is 24.6 Å². The SMILES string of the molecule is CC(=O)NCCCc1ccc(-c2csc(NC(=O)CCn3nc(C)cc3C)n2)cc1. The van der Waals surface area contributed by atoms with Crippen LogP contribution in [-0.4, -0.2) is 33.1 Å². The van der Waals surface area contributed by atoms with Gasteiger partial charge in [-0.25, -0.2) is 4.98 Å². The fourth-order valence-corrected chi connectivity index (χ4v) is 3.89. The van der Waals surface area contributed by atoms with E-state index >= 15 is 0 Å². The van der Waals surface area contributed by atoms with Gasteiger partial charge in [-0.2, -0.15) is 5.10 Å². The van der Waals surface area contributed by atoms with Gasteiger partial charge in [0.15, 0.2) is 5.13 Å². The number of rotatable bonds is 9. The fourth-order valence-electron chi connectivity index (χ4n) is 3.15. The molecule has 2 N–H and O–H groups in total. The van der Waals surface area contributed by atoms with Crippen molar-refractivity contribution in [2.45, 2.75) is 46.6 Å². The molecule has 0 aliphatic heterocycles. The second-order valence-corrected chi connectivity index (χ2v) is 8.13. The maximum atomic E-state index is 12.2. The van der Waals surface area contributed by atoms with Crippen molar-refractivity contribution in [1.29, 1.82) is 0 Å². The van der Waals surface area contributed by atoms with Crippen LogP contribution in [0.5, 0.6) is 0 Å². The van der Waals surface area contributed by atoms with Gasteiger partial charge in [-0.15, -0.1) is 11.3 Å². The molecule has 0 fully saturated rings. The number of hydrogen-bond acceptors (Lipinski definition) is 5. The molecule has 0 spiro atoms. The van der Waals surface area contributed by atoms with Gasteiger partial charge in [-0.05, 0) is 38.3 Å². The molecule has 2 aromatic heterocycles.